The molecule has 94 valence electrons. The normalized spacial score (nSPS) is 16.1. The van der Waals surface area contributed by atoms with Crippen LogP contribution in [0.2, 0.25) is 0 Å². The molecule has 0 amide bonds. The summed E-state index contributed by atoms with van der Waals surface area (Å²) in [5, 5.41) is 0. The van der Waals surface area contributed by atoms with Crippen LogP contribution in [-0.2, 0) is 0 Å². The predicted molar refractivity (Wildman–Crippen MR) is 72.8 cm³/mol. The molecule has 1 aliphatic rings. The second-order valence-electron chi connectivity index (χ2n) is 4.72. The number of benzene rings is 1. The summed E-state index contributed by atoms with van der Waals surface area (Å²) in [7, 11) is 0. The van der Waals surface area contributed by atoms with Crippen LogP contribution in [0.1, 0.15) is 19.3 Å². The van der Waals surface area contributed by atoms with Gasteiger partial charge in [-0.1, -0.05) is 0 Å². The Morgan fingerprint density at radius 1 is 1.22 bits per heavy atom. The van der Waals surface area contributed by atoms with Crippen LogP contribution in [0.25, 0.3) is 11.0 Å². The molecular formula is C13H16N4O. The lowest BCUT2D eigenvalue weighted by Gasteiger charge is -2.29. The predicted octanol–water partition coefficient (Wildman–Crippen LogP) is 1.50. The van der Waals surface area contributed by atoms with Crippen molar-refractivity contribution >= 4 is 22.4 Å². The lowest BCUT2D eigenvalue weighted by molar-refractivity contribution is 0.578. The number of nitrogen functional groups attached to an aromatic ring is 1. The molecule has 1 aromatic heterocycles. The average Bonchev–Trinajstić information content (AvgIpc) is 2.39. The van der Waals surface area contributed by atoms with E-state index in [2.05, 4.69) is 14.9 Å². The van der Waals surface area contributed by atoms with Crippen LogP contribution in [0.3, 0.4) is 0 Å². The molecule has 3 rings (SSSR count). The number of piperidine rings is 1. The highest BCUT2D eigenvalue weighted by Crippen LogP contribution is 2.29. The highest BCUT2D eigenvalue weighted by Gasteiger charge is 2.14. The number of aromatic amines is 1. The van der Waals surface area contributed by atoms with Crippen LogP contribution >= 0.6 is 0 Å². The SMILES string of the molecule is Nc1cc2[nH]c(=O)cnc2cc1N1CCCCC1. The van der Waals surface area contributed by atoms with Gasteiger partial charge in [0.1, 0.15) is 0 Å². The van der Waals surface area contributed by atoms with E-state index in [0.29, 0.717) is 11.2 Å². The van der Waals surface area contributed by atoms with Gasteiger partial charge in [-0.15, -0.1) is 0 Å². The summed E-state index contributed by atoms with van der Waals surface area (Å²) in [4.78, 5) is 20.4. The van der Waals surface area contributed by atoms with Gasteiger partial charge >= 0.3 is 0 Å². The zero-order valence-corrected chi connectivity index (χ0v) is 10.1. The highest BCUT2D eigenvalue weighted by atomic mass is 16.1. The fraction of sp³-hybridized carbons (Fsp3) is 0.385. The van der Waals surface area contributed by atoms with Gasteiger partial charge in [0, 0.05) is 13.1 Å². The van der Waals surface area contributed by atoms with Gasteiger partial charge in [-0.05, 0) is 31.4 Å². The molecule has 0 aliphatic carbocycles. The molecule has 1 aliphatic heterocycles. The van der Waals surface area contributed by atoms with Crippen molar-refractivity contribution in [2.75, 3.05) is 23.7 Å². The van der Waals surface area contributed by atoms with Crippen LogP contribution in [0.5, 0.6) is 0 Å². The molecule has 0 saturated carbocycles. The molecule has 0 spiro atoms. The van der Waals surface area contributed by atoms with E-state index in [0.717, 1.165) is 24.3 Å². The molecule has 0 bridgehead atoms. The van der Waals surface area contributed by atoms with Gasteiger partial charge in [0.2, 0.25) is 0 Å². The van der Waals surface area contributed by atoms with Crippen molar-refractivity contribution in [1.29, 1.82) is 0 Å². The Kier molecular flexibility index (Phi) is 2.66. The monoisotopic (exact) mass is 244 g/mol. The molecule has 5 nitrogen and oxygen atoms in total. The van der Waals surface area contributed by atoms with Crippen molar-refractivity contribution in [1.82, 2.24) is 9.97 Å². The van der Waals surface area contributed by atoms with Gasteiger partial charge in [-0.2, -0.15) is 0 Å². The Morgan fingerprint density at radius 2 is 2.00 bits per heavy atom. The maximum Gasteiger partial charge on any atom is 0.266 e. The van der Waals surface area contributed by atoms with Crippen LogP contribution in [0.15, 0.2) is 23.1 Å². The minimum Gasteiger partial charge on any atom is -0.397 e. The Bertz CT molecular complexity index is 628. The number of nitrogens with two attached hydrogens (primary N) is 1. The first-order chi connectivity index (χ1) is 8.74. The van der Waals surface area contributed by atoms with Crippen molar-refractivity contribution in [2.45, 2.75) is 19.3 Å². The first-order valence-corrected chi connectivity index (χ1v) is 6.27. The maximum atomic E-state index is 11.2. The van der Waals surface area contributed by atoms with E-state index in [1.54, 1.807) is 6.07 Å². The van der Waals surface area contributed by atoms with Crippen LogP contribution in [0, 0.1) is 0 Å². The smallest absolute Gasteiger partial charge is 0.266 e. The van der Waals surface area contributed by atoms with Gasteiger partial charge < -0.3 is 15.6 Å². The molecule has 18 heavy (non-hydrogen) atoms. The summed E-state index contributed by atoms with van der Waals surface area (Å²) in [6, 6.07) is 3.76. The Balaban J connectivity index is 2.09. The summed E-state index contributed by atoms with van der Waals surface area (Å²) in [6.45, 7) is 2.08. The van der Waals surface area contributed by atoms with Crippen LogP contribution in [0.4, 0.5) is 11.4 Å². The molecular weight excluding hydrogens is 228 g/mol. The van der Waals surface area contributed by atoms with E-state index in [-0.39, 0.29) is 5.56 Å². The van der Waals surface area contributed by atoms with Crippen molar-refractivity contribution in [2.24, 2.45) is 0 Å². The number of aromatic nitrogens is 2. The third-order valence-corrected chi connectivity index (χ3v) is 3.42. The van der Waals surface area contributed by atoms with E-state index < -0.39 is 0 Å². The third kappa shape index (κ3) is 1.92. The van der Waals surface area contributed by atoms with Crippen molar-refractivity contribution < 1.29 is 0 Å². The minimum absolute atomic E-state index is 0.201. The third-order valence-electron chi connectivity index (χ3n) is 3.42. The maximum absolute atomic E-state index is 11.2. The van der Waals surface area contributed by atoms with Gasteiger partial charge in [-0.25, -0.2) is 4.98 Å². The molecule has 0 atom stereocenters. The van der Waals surface area contributed by atoms with E-state index in [4.69, 9.17) is 5.73 Å². The highest BCUT2D eigenvalue weighted by molar-refractivity contribution is 5.86. The molecule has 3 N–H and O–H groups in total. The number of rotatable bonds is 1. The zero-order chi connectivity index (χ0) is 12.5. The van der Waals surface area contributed by atoms with Crippen molar-refractivity contribution in [3.8, 4) is 0 Å². The average molecular weight is 244 g/mol. The number of hydrogen-bond donors (Lipinski definition) is 2. The summed E-state index contributed by atoms with van der Waals surface area (Å²) >= 11 is 0. The number of nitrogens with zero attached hydrogens (tertiary/aromatic N) is 2. The van der Waals surface area contributed by atoms with Gasteiger partial charge in [0.15, 0.2) is 0 Å². The van der Waals surface area contributed by atoms with Crippen molar-refractivity contribution in [3.05, 3.63) is 28.7 Å². The molecule has 0 unspecified atom stereocenters. The largest absolute Gasteiger partial charge is 0.397 e. The fourth-order valence-electron chi connectivity index (χ4n) is 2.50. The van der Waals surface area contributed by atoms with Gasteiger partial charge in [0.05, 0.1) is 28.6 Å². The minimum atomic E-state index is -0.201. The standard InChI is InChI=1S/C13H16N4O/c14-9-6-11-10(15-8-13(18)16-11)7-12(9)17-4-2-1-3-5-17/h6-8H,1-5,14H2,(H,16,18). The Labute approximate surface area is 105 Å². The number of fused-ring (bicyclic) bond motifs is 1. The molecule has 1 saturated heterocycles. The first-order valence-electron chi connectivity index (χ1n) is 6.27. The van der Waals surface area contributed by atoms with Gasteiger partial charge in [-0.3, -0.25) is 4.79 Å². The van der Waals surface area contributed by atoms with E-state index in [1.807, 2.05) is 6.07 Å². The number of hydrogen-bond acceptors (Lipinski definition) is 4. The second-order valence-corrected chi connectivity index (χ2v) is 4.72. The second kappa shape index (κ2) is 4.33. The quantitative estimate of drug-likeness (QED) is 0.745. The first kappa shape index (κ1) is 11.1. The number of anilines is 2. The van der Waals surface area contributed by atoms with Crippen LogP contribution in [-0.4, -0.2) is 23.1 Å². The molecule has 0 radical (unpaired) electrons. The number of H-pyrrole nitrogens is 1. The zero-order valence-electron chi connectivity index (χ0n) is 10.1. The molecule has 2 heterocycles. The molecule has 2 aromatic rings. The Morgan fingerprint density at radius 3 is 2.78 bits per heavy atom. The lowest BCUT2D eigenvalue weighted by Crippen LogP contribution is -2.30. The molecule has 5 heteroatoms. The summed E-state index contributed by atoms with van der Waals surface area (Å²) in [5.41, 5.74) is 9.08. The summed E-state index contributed by atoms with van der Waals surface area (Å²) in [5.74, 6) is 0. The fourth-order valence-corrected chi connectivity index (χ4v) is 2.50. The van der Waals surface area contributed by atoms with E-state index in [9.17, 15) is 4.79 Å². The molecule has 1 aromatic carbocycles. The van der Waals surface area contributed by atoms with Crippen molar-refractivity contribution in [3.63, 3.8) is 0 Å². The van der Waals surface area contributed by atoms with E-state index >= 15 is 0 Å². The number of nitrogens with one attached hydrogen (secondary N) is 1. The van der Waals surface area contributed by atoms with E-state index in [1.165, 1.54) is 25.5 Å². The van der Waals surface area contributed by atoms with Gasteiger partial charge in [0.25, 0.3) is 5.56 Å². The molecule has 1 fully saturated rings. The topological polar surface area (TPSA) is 75.0 Å². The summed E-state index contributed by atoms with van der Waals surface area (Å²) in [6.07, 6.45) is 5.00. The lowest BCUT2D eigenvalue weighted by atomic mass is 10.1. The Hall–Kier alpha value is -2.04. The summed E-state index contributed by atoms with van der Waals surface area (Å²) < 4.78 is 0. The van der Waals surface area contributed by atoms with Crippen LogP contribution < -0.4 is 16.2 Å².